The Bertz CT molecular complexity index is 448. The number of nitrogens with one attached hydrogen (secondary N) is 1. The van der Waals surface area contributed by atoms with Gasteiger partial charge in [-0.2, -0.15) is 0 Å². The van der Waals surface area contributed by atoms with Gasteiger partial charge in [-0.25, -0.2) is 13.6 Å². The zero-order valence-corrected chi connectivity index (χ0v) is 11.4. The monoisotopic (exact) mass is 329 g/mol. The first-order valence-electron chi connectivity index (χ1n) is 6.21. The Morgan fingerprint density at radius 3 is 2.45 bits per heavy atom. The average molecular weight is 329 g/mol. The molecule has 1 heterocycles. The summed E-state index contributed by atoms with van der Waals surface area (Å²) in [5.41, 5.74) is 0. The van der Waals surface area contributed by atoms with E-state index in [4.69, 9.17) is 10.2 Å². The first-order chi connectivity index (χ1) is 9.95. The molecule has 0 radical (unpaired) electrons. The first-order valence-corrected chi connectivity index (χ1v) is 6.21. The van der Waals surface area contributed by atoms with Crippen molar-refractivity contribution in [2.24, 2.45) is 0 Å². The van der Waals surface area contributed by atoms with Crippen LogP contribution in [-0.2, 0) is 14.3 Å². The molecule has 9 nitrogen and oxygen atoms in total. The van der Waals surface area contributed by atoms with E-state index < -0.39 is 61.0 Å². The van der Waals surface area contributed by atoms with Crippen molar-refractivity contribution in [1.82, 2.24) is 5.32 Å². The Kier molecular flexibility index (Phi) is 5.41. The second kappa shape index (κ2) is 6.38. The smallest absolute Gasteiger partial charge is 0.364 e. The summed E-state index contributed by atoms with van der Waals surface area (Å²) in [6.45, 7) is -0.427. The molecular weight excluding hydrogens is 312 g/mol. The van der Waals surface area contributed by atoms with Crippen LogP contribution in [0.1, 0.15) is 13.3 Å². The predicted octanol–water partition coefficient (Wildman–Crippen LogP) is -2.60. The molecule has 1 aliphatic rings. The SMILES string of the molecule is CC(=O)N[C@H]1[C@H](C(F)(F)[C@H](O)CO)OC(O)(C(=O)O)C[C@@H]1O. The lowest BCUT2D eigenvalue weighted by Crippen LogP contribution is -2.69. The summed E-state index contributed by atoms with van der Waals surface area (Å²) in [4.78, 5) is 22.0. The highest BCUT2D eigenvalue weighted by atomic mass is 19.3. The van der Waals surface area contributed by atoms with E-state index in [0.29, 0.717) is 0 Å². The third-order valence-electron chi connectivity index (χ3n) is 3.25. The number of ether oxygens (including phenoxy) is 1. The summed E-state index contributed by atoms with van der Waals surface area (Å²) >= 11 is 0. The van der Waals surface area contributed by atoms with Gasteiger partial charge in [-0.3, -0.25) is 4.79 Å². The third kappa shape index (κ3) is 3.50. The van der Waals surface area contributed by atoms with Gasteiger partial charge in [0.2, 0.25) is 5.91 Å². The third-order valence-corrected chi connectivity index (χ3v) is 3.25. The second-order valence-electron chi connectivity index (χ2n) is 5.00. The fraction of sp³-hybridized carbons (Fsp3) is 0.818. The van der Waals surface area contributed by atoms with Crippen LogP contribution in [0.2, 0.25) is 0 Å². The van der Waals surface area contributed by atoms with Crippen molar-refractivity contribution in [1.29, 1.82) is 0 Å². The molecule has 5 atom stereocenters. The number of rotatable bonds is 5. The van der Waals surface area contributed by atoms with Crippen molar-refractivity contribution < 1.29 is 48.6 Å². The topological polar surface area (TPSA) is 157 Å². The molecule has 1 fully saturated rings. The number of aliphatic hydroxyl groups is 4. The average Bonchev–Trinajstić information content (AvgIpc) is 2.39. The standard InChI is InChI=1S/C11H17F2NO8/c1-4(16)14-7-5(17)2-10(21,9(19)20)22-8(7)11(12,13)6(18)3-15/h5-8,15,17-18,21H,2-3H2,1H3,(H,14,16)(H,19,20)/t5-,6+,7+,8+,10?/m0/s1. The van der Waals surface area contributed by atoms with Crippen LogP contribution in [0.3, 0.4) is 0 Å². The van der Waals surface area contributed by atoms with Gasteiger partial charge in [0.1, 0.15) is 6.10 Å². The van der Waals surface area contributed by atoms with Crippen LogP contribution in [0, 0.1) is 0 Å². The number of carboxylic acid groups (broad SMARTS) is 1. The lowest BCUT2D eigenvalue weighted by atomic mass is 9.88. The number of carbonyl (C=O) groups excluding carboxylic acids is 1. The molecule has 0 aromatic rings. The molecule has 0 bridgehead atoms. The number of alkyl halides is 2. The Hall–Kier alpha value is -1.40. The van der Waals surface area contributed by atoms with Crippen molar-refractivity contribution >= 4 is 11.9 Å². The van der Waals surface area contributed by atoms with Crippen molar-refractivity contribution in [3.05, 3.63) is 0 Å². The molecule has 22 heavy (non-hydrogen) atoms. The highest BCUT2D eigenvalue weighted by Crippen LogP contribution is 2.37. The fourth-order valence-corrected chi connectivity index (χ4v) is 2.12. The lowest BCUT2D eigenvalue weighted by Gasteiger charge is -2.45. The van der Waals surface area contributed by atoms with Crippen LogP contribution < -0.4 is 5.32 Å². The Morgan fingerprint density at radius 1 is 1.50 bits per heavy atom. The Morgan fingerprint density at radius 2 is 2.05 bits per heavy atom. The minimum absolute atomic E-state index is 0.826. The van der Waals surface area contributed by atoms with Gasteiger partial charge >= 0.3 is 11.9 Å². The minimum atomic E-state index is -4.26. The molecule has 0 aliphatic carbocycles. The number of aliphatic hydroxyl groups excluding tert-OH is 3. The largest absolute Gasteiger partial charge is 0.477 e. The number of amides is 1. The number of hydrogen-bond acceptors (Lipinski definition) is 7. The van der Waals surface area contributed by atoms with E-state index >= 15 is 0 Å². The van der Waals surface area contributed by atoms with Crippen molar-refractivity contribution in [3.8, 4) is 0 Å². The fourth-order valence-electron chi connectivity index (χ4n) is 2.12. The first kappa shape index (κ1) is 18.6. The van der Waals surface area contributed by atoms with E-state index in [-0.39, 0.29) is 0 Å². The number of aliphatic carboxylic acids is 1. The van der Waals surface area contributed by atoms with E-state index in [1.165, 1.54) is 0 Å². The van der Waals surface area contributed by atoms with Gasteiger partial charge in [-0.05, 0) is 0 Å². The van der Waals surface area contributed by atoms with Crippen LogP contribution in [0.25, 0.3) is 0 Å². The Labute approximate surface area is 123 Å². The maximum Gasteiger partial charge on any atom is 0.364 e. The van der Waals surface area contributed by atoms with Crippen molar-refractivity contribution in [3.63, 3.8) is 0 Å². The number of carboxylic acids is 1. The minimum Gasteiger partial charge on any atom is -0.477 e. The van der Waals surface area contributed by atoms with Gasteiger partial charge in [0, 0.05) is 13.3 Å². The molecule has 1 unspecified atom stereocenters. The highest BCUT2D eigenvalue weighted by Gasteiger charge is 2.61. The van der Waals surface area contributed by atoms with E-state index in [9.17, 15) is 33.7 Å². The number of hydrogen-bond donors (Lipinski definition) is 6. The van der Waals surface area contributed by atoms with E-state index in [0.717, 1.165) is 6.92 Å². The van der Waals surface area contributed by atoms with E-state index in [1.807, 2.05) is 5.32 Å². The van der Waals surface area contributed by atoms with Gasteiger partial charge in [0.25, 0.3) is 5.79 Å². The summed E-state index contributed by atoms with van der Waals surface area (Å²) in [7, 11) is 0. The maximum atomic E-state index is 14.1. The molecule has 0 saturated carbocycles. The van der Waals surface area contributed by atoms with Crippen LogP contribution in [-0.4, -0.2) is 80.1 Å². The van der Waals surface area contributed by atoms with Crippen LogP contribution in [0.5, 0.6) is 0 Å². The zero-order valence-electron chi connectivity index (χ0n) is 11.4. The lowest BCUT2D eigenvalue weighted by molar-refractivity contribution is -0.323. The van der Waals surface area contributed by atoms with Crippen molar-refractivity contribution in [2.45, 2.75) is 49.4 Å². The molecule has 1 saturated heterocycles. The van der Waals surface area contributed by atoms with E-state index in [2.05, 4.69) is 4.74 Å². The summed E-state index contributed by atoms with van der Waals surface area (Å²) in [5.74, 6) is -10.2. The van der Waals surface area contributed by atoms with Crippen LogP contribution >= 0.6 is 0 Å². The second-order valence-corrected chi connectivity index (χ2v) is 5.00. The van der Waals surface area contributed by atoms with Crippen LogP contribution in [0.4, 0.5) is 8.78 Å². The number of carbonyl (C=O) groups is 2. The van der Waals surface area contributed by atoms with Gasteiger partial charge < -0.3 is 35.6 Å². The normalized spacial score (nSPS) is 34.0. The molecule has 1 rings (SSSR count). The summed E-state index contributed by atoms with van der Waals surface area (Å²) in [6.07, 6.45) is -8.10. The summed E-state index contributed by atoms with van der Waals surface area (Å²) in [5, 5.41) is 48.1. The van der Waals surface area contributed by atoms with Gasteiger partial charge in [0.15, 0.2) is 6.10 Å². The van der Waals surface area contributed by atoms with Gasteiger partial charge in [0.05, 0.1) is 18.8 Å². The highest BCUT2D eigenvalue weighted by molar-refractivity contribution is 5.76. The Balaban J connectivity index is 3.22. The maximum absolute atomic E-state index is 14.1. The molecule has 6 N–H and O–H groups in total. The molecule has 1 aliphatic heterocycles. The van der Waals surface area contributed by atoms with Gasteiger partial charge in [-0.1, -0.05) is 0 Å². The number of halogens is 2. The molecule has 11 heteroatoms. The predicted molar refractivity (Wildman–Crippen MR) is 63.7 cm³/mol. The molecular formula is C11H17F2NO8. The molecule has 0 aromatic carbocycles. The zero-order chi connectivity index (χ0) is 17.3. The van der Waals surface area contributed by atoms with E-state index in [1.54, 1.807) is 0 Å². The summed E-state index contributed by atoms with van der Waals surface area (Å²) < 4.78 is 32.6. The van der Waals surface area contributed by atoms with Crippen molar-refractivity contribution in [2.75, 3.05) is 6.61 Å². The molecule has 0 spiro atoms. The molecule has 0 aromatic heterocycles. The quantitative estimate of drug-likeness (QED) is 0.321. The summed E-state index contributed by atoms with van der Waals surface area (Å²) in [6, 6.07) is -1.80. The molecule has 128 valence electrons. The van der Waals surface area contributed by atoms with Crippen LogP contribution in [0.15, 0.2) is 0 Å². The van der Waals surface area contributed by atoms with Gasteiger partial charge in [-0.15, -0.1) is 0 Å². The molecule has 1 amide bonds.